The molecule has 32 heavy (non-hydrogen) atoms. The third-order valence-electron chi connectivity index (χ3n) is 5.09. The van der Waals surface area contributed by atoms with Gasteiger partial charge in [-0.1, -0.05) is 66.4 Å². The molecule has 4 aromatic rings. The number of nitrogens with one attached hydrogen (secondary N) is 1. The van der Waals surface area contributed by atoms with E-state index in [2.05, 4.69) is 10.3 Å². The molecule has 0 fully saturated rings. The Morgan fingerprint density at radius 1 is 1.03 bits per heavy atom. The number of aromatic nitrogens is 2. The van der Waals surface area contributed by atoms with Crippen molar-refractivity contribution < 1.29 is 9.18 Å². The molecule has 1 atom stereocenters. The van der Waals surface area contributed by atoms with Gasteiger partial charge in [0.25, 0.3) is 5.56 Å². The average Bonchev–Trinajstić information content (AvgIpc) is 2.81. The van der Waals surface area contributed by atoms with E-state index in [1.165, 1.54) is 28.5 Å². The number of thioether (sulfide) groups is 1. The minimum atomic E-state index is -0.337. The molecule has 1 amide bonds. The Morgan fingerprint density at radius 2 is 1.72 bits per heavy atom. The zero-order chi connectivity index (χ0) is 22.5. The Labute approximate surface area is 189 Å². The molecular weight excluding hydrogens is 425 g/mol. The smallest absolute Gasteiger partial charge is 0.262 e. The summed E-state index contributed by atoms with van der Waals surface area (Å²) in [5.74, 6) is -0.371. The molecular formula is C25H22FN3O2S. The SMILES string of the molecule is CC(NC(=O)CSc1nc2ccccc2c(=O)n1Cc1ccc(F)cc1)c1ccccc1. The van der Waals surface area contributed by atoms with Crippen molar-refractivity contribution in [2.45, 2.75) is 24.7 Å². The predicted molar refractivity (Wildman–Crippen MR) is 125 cm³/mol. The summed E-state index contributed by atoms with van der Waals surface area (Å²) in [5, 5.41) is 3.92. The lowest BCUT2D eigenvalue weighted by Crippen LogP contribution is -2.29. The number of hydrogen-bond acceptors (Lipinski definition) is 4. The van der Waals surface area contributed by atoms with Crippen LogP contribution in [0.2, 0.25) is 0 Å². The first-order chi connectivity index (χ1) is 15.5. The van der Waals surface area contributed by atoms with E-state index in [4.69, 9.17) is 0 Å². The molecule has 7 heteroatoms. The van der Waals surface area contributed by atoms with Crippen LogP contribution >= 0.6 is 11.8 Å². The molecule has 5 nitrogen and oxygen atoms in total. The van der Waals surface area contributed by atoms with Crippen molar-refractivity contribution in [1.82, 2.24) is 14.9 Å². The van der Waals surface area contributed by atoms with Crippen LogP contribution in [0.1, 0.15) is 24.1 Å². The Hall–Kier alpha value is -3.45. The number of para-hydroxylation sites is 1. The van der Waals surface area contributed by atoms with Gasteiger partial charge in [-0.2, -0.15) is 0 Å². The Kier molecular flexibility index (Phi) is 6.66. The summed E-state index contributed by atoms with van der Waals surface area (Å²) in [4.78, 5) is 30.4. The molecule has 0 radical (unpaired) electrons. The molecule has 1 aromatic heterocycles. The molecule has 0 bridgehead atoms. The van der Waals surface area contributed by atoms with E-state index in [0.717, 1.165) is 11.1 Å². The van der Waals surface area contributed by atoms with Crippen molar-refractivity contribution in [2.75, 3.05) is 5.75 Å². The fourth-order valence-electron chi connectivity index (χ4n) is 3.41. The van der Waals surface area contributed by atoms with Crippen molar-refractivity contribution in [3.63, 3.8) is 0 Å². The number of carbonyl (C=O) groups excluding carboxylic acids is 1. The lowest BCUT2D eigenvalue weighted by Gasteiger charge is -2.15. The molecule has 0 saturated carbocycles. The fraction of sp³-hybridized carbons (Fsp3) is 0.160. The van der Waals surface area contributed by atoms with Gasteiger partial charge in [0.2, 0.25) is 5.91 Å². The van der Waals surface area contributed by atoms with E-state index in [1.54, 1.807) is 30.3 Å². The topological polar surface area (TPSA) is 64.0 Å². The number of halogens is 1. The molecule has 0 aliphatic rings. The first-order valence-corrected chi connectivity index (χ1v) is 11.2. The van der Waals surface area contributed by atoms with Crippen LogP contribution in [0, 0.1) is 5.82 Å². The largest absolute Gasteiger partial charge is 0.349 e. The maximum absolute atomic E-state index is 13.3. The van der Waals surface area contributed by atoms with Gasteiger partial charge >= 0.3 is 0 Å². The molecule has 0 aliphatic heterocycles. The second-order valence-corrected chi connectivity index (χ2v) is 8.36. The third-order valence-corrected chi connectivity index (χ3v) is 6.07. The van der Waals surface area contributed by atoms with Crippen LogP contribution in [0.4, 0.5) is 4.39 Å². The lowest BCUT2D eigenvalue weighted by atomic mass is 10.1. The molecule has 1 unspecified atom stereocenters. The summed E-state index contributed by atoms with van der Waals surface area (Å²) in [6.07, 6.45) is 0. The highest BCUT2D eigenvalue weighted by atomic mass is 32.2. The van der Waals surface area contributed by atoms with Gasteiger partial charge in [0, 0.05) is 0 Å². The van der Waals surface area contributed by atoms with E-state index in [9.17, 15) is 14.0 Å². The molecule has 4 rings (SSSR count). The van der Waals surface area contributed by atoms with Crippen molar-refractivity contribution in [1.29, 1.82) is 0 Å². The zero-order valence-corrected chi connectivity index (χ0v) is 18.3. The summed E-state index contributed by atoms with van der Waals surface area (Å²) >= 11 is 1.21. The number of amides is 1. The minimum absolute atomic E-state index is 0.116. The van der Waals surface area contributed by atoms with Crippen LogP contribution in [0.25, 0.3) is 10.9 Å². The predicted octanol–water partition coefficient (Wildman–Crippen LogP) is 4.55. The maximum Gasteiger partial charge on any atom is 0.262 e. The van der Waals surface area contributed by atoms with Crippen LogP contribution in [-0.2, 0) is 11.3 Å². The van der Waals surface area contributed by atoms with Crippen molar-refractivity contribution in [2.24, 2.45) is 0 Å². The highest BCUT2D eigenvalue weighted by molar-refractivity contribution is 7.99. The quantitative estimate of drug-likeness (QED) is 0.333. The van der Waals surface area contributed by atoms with Gasteiger partial charge in [-0.25, -0.2) is 9.37 Å². The van der Waals surface area contributed by atoms with Crippen LogP contribution in [0.3, 0.4) is 0 Å². The normalized spacial score (nSPS) is 11.9. The summed E-state index contributed by atoms with van der Waals surface area (Å²) in [6, 6.07) is 22.7. The molecule has 0 aliphatic carbocycles. The van der Waals surface area contributed by atoms with Gasteiger partial charge in [0.1, 0.15) is 5.82 Å². The van der Waals surface area contributed by atoms with Crippen LogP contribution in [0.15, 0.2) is 88.8 Å². The number of hydrogen-bond donors (Lipinski definition) is 1. The Balaban J connectivity index is 1.57. The number of benzene rings is 3. The number of fused-ring (bicyclic) bond motifs is 1. The number of carbonyl (C=O) groups is 1. The van der Waals surface area contributed by atoms with E-state index < -0.39 is 0 Å². The summed E-state index contributed by atoms with van der Waals surface area (Å²) < 4.78 is 14.8. The van der Waals surface area contributed by atoms with E-state index in [1.807, 2.05) is 43.3 Å². The summed E-state index contributed by atoms with van der Waals surface area (Å²) in [5.41, 5.74) is 2.17. The van der Waals surface area contributed by atoms with Crippen LogP contribution < -0.4 is 10.9 Å². The minimum Gasteiger partial charge on any atom is -0.349 e. The fourth-order valence-corrected chi connectivity index (χ4v) is 4.22. The monoisotopic (exact) mass is 447 g/mol. The molecule has 162 valence electrons. The van der Waals surface area contributed by atoms with Gasteiger partial charge in [-0.15, -0.1) is 0 Å². The van der Waals surface area contributed by atoms with Crippen LogP contribution in [-0.4, -0.2) is 21.2 Å². The molecule has 3 aromatic carbocycles. The number of rotatable bonds is 7. The molecule has 0 spiro atoms. The molecule has 0 saturated heterocycles. The highest BCUT2D eigenvalue weighted by Crippen LogP contribution is 2.20. The zero-order valence-electron chi connectivity index (χ0n) is 17.5. The first-order valence-electron chi connectivity index (χ1n) is 10.2. The average molecular weight is 448 g/mol. The molecule has 1 N–H and O–H groups in total. The standard InChI is InChI=1S/C25H22FN3O2S/c1-17(19-7-3-2-4-8-19)27-23(30)16-32-25-28-22-10-6-5-9-21(22)24(31)29(25)15-18-11-13-20(26)14-12-18/h2-14,17H,15-16H2,1H3,(H,27,30). The summed E-state index contributed by atoms with van der Waals surface area (Å²) in [7, 11) is 0. The van der Waals surface area contributed by atoms with Crippen molar-refractivity contribution >= 4 is 28.6 Å². The van der Waals surface area contributed by atoms with E-state index in [-0.39, 0.29) is 35.6 Å². The second-order valence-electron chi connectivity index (χ2n) is 7.42. The van der Waals surface area contributed by atoms with Crippen molar-refractivity contribution in [3.8, 4) is 0 Å². The van der Waals surface area contributed by atoms with Gasteiger partial charge in [-0.3, -0.25) is 14.2 Å². The maximum atomic E-state index is 13.3. The van der Waals surface area contributed by atoms with Crippen molar-refractivity contribution in [3.05, 3.63) is 106 Å². The van der Waals surface area contributed by atoms with Gasteiger partial charge in [0.15, 0.2) is 5.16 Å². The third kappa shape index (κ3) is 5.06. The second kappa shape index (κ2) is 9.78. The Morgan fingerprint density at radius 3 is 2.47 bits per heavy atom. The van der Waals surface area contributed by atoms with E-state index >= 15 is 0 Å². The Bertz CT molecular complexity index is 1290. The summed E-state index contributed by atoms with van der Waals surface area (Å²) in [6.45, 7) is 2.16. The number of nitrogens with zero attached hydrogens (tertiary/aromatic N) is 2. The van der Waals surface area contributed by atoms with Gasteiger partial charge in [-0.05, 0) is 42.3 Å². The highest BCUT2D eigenvalue weighted by Gasteiger charge is 2.15. The molecule has 1 heterocycles. The lowest BCUT2D eigenvalue weighted by molar-refractivity contribution is -0.119. The first kappa shape index (κ1) is 21.8. The van der Waals surface area contributed by atoms with Crippen LogP contribution in [0.5, 0.6) is 0 Å². The van der Waals surface area contributed by atoms with E-state index in [0.29, 0.717) is 16.1 Å². The van der Waals surface area contributed by atoms with Gasteiger partial charge in [0.05, 0.1) is 29.2 Å². The van der Waals surface area contributed by atoms with Gasteiger partial charge < -0.3 is 5.32 Å².